The first kappa shape index (κ1) is 11.7. The van der Waals surface area contributed by atoms with Crippen molar-refractivity contribution < 1.29 is 4.79 Å². The standard InChI is InChI=1S/C11H12N4O/c1-4-8-9(11(16)15(2)3)5-6-13-10(8)14-7-12/h4-6H,1H2,2-3H3,(H,13,14). The Labute approximate surface area is 94.0 Å². The van der Waals surface area contributed by atoms with Gasteiger partial charge in [0, 0.05) is 25.9 Å². The second-order valence-electron chi connectivity index (χ2n) is 3.26. The normalized spacial score (nSPS) is 9.06. The molecule has 1 rings (SSSR count). The molecule has 1 aromatic rings. The van der Waals surface area contributed by atoms with Crippen molar-refractivity contribution in [3.63, 3.8) is 0 Å². The first-order valence-electron chi connectivity index (χ1n) is 4.60. The lowest BCUT2D eigenvalue weighted by atomic mass is 10.1. The average Bonchev–Trinajstić information content (AvgIpc) is 2.28. The van der Waals surface area contributed by atoms with Gasteiger partial charge < -0.3 is 4.90 Å². The van der Waals surface area contributed by atoms with E-state index in [1.807, 2.05) is 0 Å². The lowest BCUT2D eigenvalue weighted by molar-refractivity contribution is 0.0827. The van der Waals surface area contributed by atoms with E-state index in [2.05, 4.69) is 16.9 Å². The molecule has 0 spiro atoms. The van der Waals surface area contributed by atoms with Crippen molar-refractivity contribution in [1.29, 1.82) is 5.26 Å². The SMILES string of the molecule is C=Cc1c(C(=O)N(C)C)ccnc1NC#N. The highest BCUT2D eigenvalue weighted by atomic mass is 16.2. The highest BCUT2D eigenvalue weighted by Crippen LogP contribution is 2.19. The molecule has 0 aromatic carbocycles. The fourth-order valence-corrected chi connectivity index (χ4v) is 1.26. The Morgan fingerprint density at radius 2 is 2.38 bits per heavy atom. The third-order valence-electron chi connectivity index (χ3n) is 2.01. The fourth-order valence-electron chi connectivity index (χ4n) is 1.26. The summed E-state index contributed by atoms with van der Waals surface area (Å²) in [5.41, 5.74) is 0.996. The third kappa shape index (κ3) is 2.17. The summed E-state index contributed by atoms with van der Waals surface area (Å²) in [7, 11) is 3.32. The van der Waals surface area contributed by atoms with Gasteiger partial charge in [-0.3, -0.25) is 10.1 Å². The number of nitrogens with one attached hydrogen (secondary N) is 1. The van der Waals surface area contributed by atoms with Crippen LogP contribution in [-0.4, -0.2) is 29.9 Å². The zero-order valence-electron chi connectivity index (χ0n) is 9.19. The van der Waals surface area contributed by atoms with E-state index in [-0.39, 0.29) is 5.91 Å². The zero-order chi connectivity index (χ0) is 12.1. The summed E-state index contributed by atoms with van der Waals surface area (Å²) < 4.78 is 0. The molecule has 0 fully saturated rings. The zero-order valence-corrected chi connectivity index (χ0v) is 9.19. The molecule has 0 unspecified atom stereocenters. The molecule has 1 amide bonds. The molecule has 0 aliphatic rings. The average molecular weight is 216 g/mol. The summed E-state index contributed by atoms with van der Waals surface area (Å²) in [4.78, 5) is 17.2. The molecule has 0 bridgehead atoms. The number of nitriles is 1. The predicted octanol–water partition coefficient (Wildman–Crippen LogP) is 1.32. The topological polar surface area (TPSA) is 69.0 Å². The van der Waals surface area contributed by atoms with Gasteiger partial charge in [-0.1, -0.05) is 12.7 Å². The van der Waals surface area contributed by atoms with Gasteiger partial charge in [0.15, 0.2) is 6.19 Å². The molecule has 0 atom stereocenters. The Morgan fingerprint density at radius 1 is 1.69 bits per heavy atom. The second kappa shape index (κ2) is 4.94. The molecule has 0 saturated carbocycles. The van der Waals surface area contributed by atoms with Crippen molar-refractivity contribution in [3.05, 3.63) is 30.0 Å². The Balaban J connectivity index is 3.30. The molecule has 0 radical (unpaired) electrons. The number of pyridine rings is 1. The summed E-state index contributed by atoms with van der Waals surface area (Å²) in [6.07, 6.45) is 4.75. The third-order valence-corrected chi connectivity index (χ3v) is 2.01. The molecule has 0 saturated heterocycles. The molecule has 82 valence electrons. The van der Waals surface area contributed by atoms with Gasteiger partial charge in [0.05, 0.1) is 5.56 Å². The number of aromatic nitrogens is 1. The Morgan fingerprint density at radius 3 is 2.88 bits per heavy atom. The highest BCUT2D eigenvalue weighted by molar-refractivity contribution is 5.99. The lowest BCUT2D eigenvalue weighted by Gasteiger charge is -2.13. The van der Waals surface area contributed by atoms with Gasteiger partial charge in [-0.15, -0.1) is 0 Å². The number of amides is 1. The van der Waals surface area contributed by atoms with E-state index in [1.54, 1.807) is 26.4 Å². The molecule has 1 aromatic heterocycles. The van der Waals surface area contributed by atoms with Crippen LogP contribution in [0, 0.1) is 11.5 Å². The van der Waals surface area contributed by atoms with E-state index in [4.69, 9.17) is 5.26 Å². The monoisotopic (exact) mass is 216 g/mol. The summed E-state index contributed by atoms with van der Waals surface area (Å²) in [6.45, 7) is 3.62. The van der Waals surface area contributed by atoms with Gasteiger partial charge in [0.1, 0.15) is 5.82 Å². The van der Waals surface area contributed by atoms with Crippen molar-refractivity contribution in [2.75, 3.05) is 19.4 Å². The maximum absolute atomic E-state index is 11.8. The van der Waals surface area contributed by atoms with Crippen LogP contribution in [0.2, 0.25) is 0 Å². The van der Waals surface area contributed by atoms with Crippen LogP contribution < -0.4 is 5.32 Å². The van der Waals surface area contributed by atoms with Gasteiger partial charge in [-0.05, 0) is 6.07 Å². The van der Waals surface area contributed by atoms with Crippen LogP contribution in [0.3, 0.4) is 0 Å². The van der Waals surface area contributed by atoms with E-state index in [0.29, 0.717) is 16.9 Å². The summed E-state index contributed by atoms with van der Waals surface area (Å²) >= 11 is 0. The predicted molar refractivity (Wildman–Crippen MR) is 61.6 cm³/mol. The van der Waals surface area contributed by atoms with Gasteiger partial charge in [0.2, 0.25) is 0 Å². The fraction of sp³-hybridized carbons (Fsp3) is 0.182. The quantitative estimate of drug-likeness (QED) is 0.611. The second-order valence-corrected chi connectivity index (χ2v) is 3.26. The smallest absolute Gasteiger partial charge is 0.254 e. The van der Waals surface area contributed by atoms with Crippen LogP contribution in [-0.2, 0) is 0 Å². The number of carbonyl (C=O) groups excluding carboxylic acids is 1. The molecule has 16 heavy (non-hydrogen) atoms. The van der Waals surface area contributed by atoms with Crippen molar-refractivity contribution in [1.82, 2.24) is 9.88 Å². The molecule has 0 aliphatic carbocycles. The number of hydrogen-bond acceptors (Lipinski definition) is 4. The molecule has 0 aliphatic heterocycles. The molecule has 1 heterocycles. The molecular weight excluding hydrogens is 204 g/mol. The van der Waals surface area contributed by atoms with Crippen LogP contribution in [0.1, 0.15) is 15.9 Å². The highest BCUT2D eigenvalue weighted by Gasteiger charge is 2.14. The minimum absolute atomic E-state index is 0.154. The van der Waals surface area contributed by atoms with E-state index < -0.39 is 0 Å². The lowest BCUT2D eigenvalue weighted by Crippen LogP contribution is -2.23. The first-order chi connectivity index (χ1) is 7.61. The van der Waals surface area contributed by atoms with Crippen LogP contribution in [0.4, 0.5) is 5.82 Å². The van der Waals surface area contributed by atoms with Gasteiger partial charge in [0.25, 0.3) is 5.91 Å². The van der Waals surface area contributed by atoms with Crippen LogP contribution in [0.5, 0.6) is 0 Å². The van der Waals surface area contributed by atoms with Gasteiger partial charge >= 0.3 is 0 Å². The van der Waals surface area contributed by atoms with Crippen LogP contribution in [0.25, 0.3) is 6.08 Å². The van der Waals surface area contributed by atoms with E-state index in [9.17, 15) is 4.79 Å². The molecule has 5 nitrogen and oxygen atoms in total. The Kier molecular flexibility index (Phi) is 3.62. The number of rotatable bonds is 3. The Bertz CT molecular complexity index is 460. The van der Waals surface area contributed by atoms with Crippen molar-refractivity contribution >= 4 is 17.8 Å². The minimum atomic E-state index is -0.154. The first-order valence-corrected chi connectivity index (χ1v) is 4.60. The number of anilines is 1. The van der Waals surface area contributed by atoms with Crippen molar-refractivity contribution in [2.45, 2.75) is 0 Å². The largest absolute Gasteiger partial charge is 0.345 e. The minimum Gasteiger partial charge on any atom is -0.345 e. The van der Waals surface area contributed by atoms with Crippen LogP contribution >= 0.6 is 0 Å². The summed E-state index contributed by atoms with van der Waals surface area (Å²) in [5, 5.41) is 11.0. The molecular formula is C11H12N4O. The van der Waals surface area contributed by atoms with Crippen LogP contribution in [0.15, 0.2) is 18.8 Å². The maximum Gasteiger partial charge on any atom is 0.254 e. The maximum atomic E-state index is 11.8. The van der Waals surface area contributed by atoms with E-state index >= 15 is 0 Å². The van der Waals surface area contributed by atoms with Crippen molar-refractivity contribution in [3.8, 4) is 6.19 Å². The summed E-state index contributed by atoms with van der Waals surface area (Å²) in [6, 6.07) is 1.60. The number of nitrogens with zero attached hydrogens (tertiary/aromatic N) is 3. The van der Waals surface area contributed by atoms with Gasteiger partial charge in [-0.2, -0.15) is 5.26 Å². The van der Waals surface area contributed by atoms with E-state index in [1.165, 1.54) is 17.2 Å². The van der Waals surface area contributed by atoms with Gasteiger partial charge in [-0.25, -0.2) is 4.98 Å². The number of hydrogen-bond donors (Lipinski definition) is 1. The Hall–Kier alpha value is -2.35. The molecule has 1 N–H and O–H groups in total. The van der Waals surface area contributed by atoms with Crippen molar-refractivity contribution in [2.24, 2.45) is 0 Å². The number of carbonyl (C=O) groups is 1. The van der Waals surface area contributed by atoms with E-state index in [0.717, 1.165) is 0 Å². The summed E-state index contributed by atoms with van der Waals surface area (Å²) in [5.74, 6) is 0.184. The molecule has 5 heteroatoms.